The van der Waals surface area contributed by atoms with Crippen LogP contribution in [0.15, 0.2) is 30.3 Å². The fourth-order valence-corrected chi connectivity index (χ4v) is 1.46. The first kappa shape index (κ1) is 12.1. The van der Waals surface area contributed by atoms with Crippen molar-refractivity contribution in [2.75, 3.05) is 13.7 Å². The van der Waals surface area contributed by atoms with Crippen molar-refractivity contribution in [3.8, 4) is 5.75 Å². The van der Waals surface area contributed by atoms with E-state index in [4.69, 9.17) is 9.47 Å². The molecular weight excluding hydrogens is 188 g/mol. The highest BCUT2D eigenvalue weighted by Crippen LogP contribution is 2.12. The number of benzene rings is 1. The van der Waals surface area contributed by atoms with Gasteiger partial charge in [-0.25, -0.2) is 0 Å². The van der Waals surface area contributed by atoms with E-state index < -0.39 is 0 Å². The van der Waals surface area contributed by atoms with Gasteiger partial charge >= 0.3 is 0 Å². The smallest absolute Gasteiger partial charge is 0.119 e. The second-order valence-electron chi connectivity index (χ2n) is 4.11. The lowest BCUT2D eigenvalue weighted by Gasteiger charge is -2.17. The van der Waals surface area contributed by atoms with E-state index in [1.165, 1.54) is 0 Å². The van der Waals surface area contributed by atoms with Crippen molar-refractivity contribution in [1.82, 2.24) is 0 Å². The molecule has 0 saturated carbocycles. The molecule has 0 radical (unpaired) electrons. The molecule has 0 spiro atoms. The van der Waals surface area contributed by atoms with Crippen LogP contribution in [0.1, 0.15) is 20.3 Å². The average molecular weight is 208 g/mol. The minimum Gasteiger partial charge on any atom is -0.491 e. The molecule has 1 aromatic carbocycles. The van der Waals surface area contributed by atoms with Crippen molar-refractivity contribution in [2.45, 2.75) is 26.4 Å². The van der Waals surface area contributed by atoms with Crippen molar-refractivity contribution in [3.63, 3.8) is 0 Å². The van der Waals surface area contributed by atoms with Crippen molar-refractivity contribution in [2.24, 2.45) is 5.92 Å². The zero-order valence-electron chi connectivity index (χ0n) is 9.77. The number of ether oxygens (including phenoxy) is 2. The molecule has 2 nitrogen and oxygen atoms in total. The van der Waals surface area contributed by atoms with E-state index in [-0.39, 0.29) is 6.10 Å². The molecule has 0 aromatic heterocycles. The van der Waals surface area contributed by atoms with Crippen LogP contribution in [-0.4, -0.2) is 19.8 Å². The maximum atomic E-state index is 5.63. The van der Waals surface area contributed by atoms with Gasteiger partial charge in [-0.3, -0.25) is 0 Å². The molecular formula is C13H20O2. The Labute approximate surface area is 92.2 Å². The number of methoxy groups -OCH3 is 1. The molecule has 0 aliphatic rings. The predicted octanol–water partition coefficient (Wildman–Crippen LogP) is 3.13. The third kappa shape index (κ3) is 4.84. The minimum atomic E-state index is 0.185. The van der Waals surface area contributed by atoms with Crippen LogP contribution >= 0.6 is 0 Å². The second-order valence-corrected chi connectivity index (χ2v) is 4.11. The van der Waals surface area contributed by atoms with Crippen LogP contribution in [0.2, 0.25) is 0 Å². The summed E-state index contributed by atoms with van der Waals surface area (Å²) < 4.78 is 11.0. The van der Waals surface area contributed by atoms with Gasteiger partial charge in [0.25, 0.3) is 0 Å². The third-order valence-corrected chi connectivity index (χ3v) is 2.25. The summed E-state index contributed by atoms with van der Waals surface area (Å²) in [7, 11) is 1.74. The molecule has 2 heteroatoms. The highest BCUT2D eigenvalue weighted by Gasteiger charge is 2.10. The zero-order valence-corrected chi connectivity index (χ0v) is 9.77. The van der Waals surface area contributed by atoms with Crippen LogP contribution in [0.25, 0.3) is 0 Å². The monoisotopic (exact) mass is 208 g/mol. The molecule has 1 rings (SSSR count). The van der Waals surface area contributed by atoms with E-state index in [1.807, 2.05) is 30.3 Å². The van der Waals surface area contributed by atoms with Crippen molar-refractivity contribution in [3.05, 3.63) is 30.3 Å². The number of rotatable bonds is 6. The summed E-state index contributed by atoms with van der Waals surface area (Å²) in [5.74, 6) is 1.54. The largest absolute Gasteiger partial charge is 0.491 e. The van der Waals surface area contributed by atoms with E-state index in [0.29, 0.717) is 12.5 Å². The van der Waals surface area contributed by atoms with Crippen LogP contribution in [0.4, 0.5) is 0 Å². The van der Waals surface area contributed by atoms with Gasteiger partial charge in [-0.2, -0.15) is 0 Å². The highest BCUT2D eigenvalue weighted by molar-refractivity contribution is 5.20. The SMILES string of the molecule is COC(COc1ccccc1)CC(C)C. The summed E-state index contributed by atoms with van der Waals surface area (Å²) in [6.07, 6.45) is 1.22. The van der Waals surface area contributed by atoms with E-state index in [9.17, 15) is 0 Å². The van der Waals surface area contributed by atoms with Gasteiger partial charge < -0.3 is 9.47 Å². The lowest BCUT2D eigenvalue weighted by atomic mass is 10.1. The van der Waals surface area contributed by atoms with Gasteiger partial charge in [-0.1, -0.05) is 32.0 Å². The van der Waals surface area contributed by atoms with Gasteiger partial charge in [-0.05, 0) is 24.5 Å². The minimum absolute atomic E-state index is 0.185. The summed E-state index contributed by atoms with van der Waals surface area (Å²) >= 11 is 0. The molecule has 1 aromatic rings. The van der Waals surface area contributed by atoms with Crippen molar-refractivity contribution < 1.29 is 9.47 Å². The molecule has 0 fully saturated rings. The Balaban J connectivity index is 2.34. The Kier molecular flexibility index (Phi) is 5.19. The Bertz CT molecular complexity index is 256. The maximum Gasteiger partial charge on any atom is 0.119 e. The summed E-state index contributed by atoms with van der Waals surface area (Å²) in [5, 5.41) is 0. The summed E-state index contributed by atoms with van der Waals surface area (Å²) in [5.41, 5.74) is 0. The van der Waals surface area contributed by atoms with Crippen molar-refractivity contribution in [1.29, 1.82) is 0 Å². The molecule has 0 aliphatic heterocycles. The van der Waals surface area contributed by atoms with Gasteiger partial charge in [-0.15, -0.1) is 0 Å². The topological polar surface area (TPSA) is 18.5 Å². The molecule has 0 heterocycles. The van der Waals surface area contributed by atoms with E-state index >= 15 is 0 Å². The quantitative estimate of drug-likeness (QED) is 0.715. The molecule has 0 saturated heterocycles. The fourth-order valence-electron chi connectivity index (χ4n) is 1.46. The maximum absolute atomic E-state index is 5.63. The lowest BCUT2D eigenvalue weighted by Crippen LogP contribution is -2.22. The zero-order chi connectivity index (χ0) is 11.1. The standard InChI is InChI=1S/C13H20O2/c1-11(2)9-13(14-3)10-15-12-7-5-4-6-8-12/h4-8,11,13H,9-10H2,1-3H3. The average Bonchev–Trinajstić information content (AvgIpc) is 2.25. The van der Waals surface area contributed by atoms with Crippen LogP contribution in [0.3, 0.4) is 0 Å². The Hall–Kier alpha value is -1.02. The molecule has 1 atom stereocenters. The molecule has 0 N–H and O–H groups in total. The summed E-state index contributed by atoms with van der Waals surface area (Å²) in [6, 6.07) is 9.85. The molecule has 15 heavy (non-hydrogen) atoms. The van der Waals surface area contributed by atoms with Gasteiger partial charge in [0.2, 0.25) is 0 Å². The third-order valence-electron chi connectivity index (χ3n) is 2.25. The first-order valence-electron chi connectivity index (χ1n) is 5.43. The van der Waals surface area contributed by atoms with Gasteiger partial charge in [0.05, 0.1) is 6.10 Å². The van der Waals surface area contributed by atoms with E-state index in [2.05, 4.69) is 13.8 Å². The first-order chi connectivity index (χ1) is 7.22. The lowest BCUT2D eigenvalue weighted by molar-refractivity contribution is 0.0434. The molecule has 0 amide bonds. The second kappa shape index (κ2) is 6.46. The Morgan fingerprint density at radius 1 is 1.13 bits per heavy atom. The highest BCUT2D eigenvalue weighted by atomic mass is 16.5. The first-order valence-corrected chi connectivity index (χ1v) is 5.43. The molecule has 0 aliphatic carbocycles. The molecule has 84 valence electrons. The summed E-state index contributed by atoms with van der Waals surface area (Å²) in [4.78, 5) is 0. The molecule has 0 bridgehead atoms. The van der Waals surface area contributed by atoms with Gasteiger partial charge in [0, 0.05) is 7.11 Å². The normalized spacial score (nSPS) is 12.8. The van der Waals surface area contributed by atoms with Crippen molar-refractivity contribution >= 4 is 0 Å². The Morgan fingerprint density at radius 2 is 1.80 bits per heavy atom. The van der Waals surface area contributed by atoms with Gasteiger partial charge in [0.1, 0.15) is 12.4 Å². The van der Waals surface area contributed by atoms with E-state index in [1.54, 1.807) is 7.11 Å². The number of para-hydroxylation sites is 1. The van der Waals surface area contributed by atoms with Gasteiger partial charge in [0.15, 0.2) is 0 Å². The van der Waals surface area contributed by atoms with Crippen LogP contribution in [-0.2, 0) is 4.74 Å². The number of hydrogen-bond acceptors (Lipinski definition) is 2. The van der Waals surface area contributed by atoms with Crippen LogP contribution < -0.4 is 4.74 Å². The Morgan fingerprint density at radius 3 is 2.33 bits per heavy atom. The van der Waals surface area contributed by atoms with Crippen LogP contribution in [0, 0.1) is 5.92 Å². The fraction of sp³-hybridized carbons (Fsp3) is 0.538. The summed E-state index contributed by atoms with van der Waals surface area (Å²) in [6.45, 7) is 5.00. The van der Waals surface area contributed by atoms with E-state index in [0.717, 1.165) is 12.2 Å². The number of hydrogen-bond donors (Lipinski definition) is 0. The molecule has 1 unspecified atom stereocenters. The predicted molar refractivity (Wildman–Crippen MR) is 62.2 cm³/mol. The van der Waals surface area contributed by atoms with Crippen LogP contribution in [0.5, 0.6) is 5.75 Å².